The van der Waals surface area contributed by atoms with Crippen molar-refractivity contribution in [3.05, 3.63) is 47.3 Å². The van der Waals surface area contributed by atoms with E-state index >= 15 is 0 Å². The highest BCUT2D eigenvalue weighted by Gasteiger charge is 2.17. The maximum absolute atomic E-state index is 12.6. The van der Waals surface area contributed by atoms with E-state index in [0.717, 1.165) is 22.8 Å². The molecule has 0 fully saturated rings. The zero-order valence-electron chi connectivity index (χ0n) is 15.0. The molecule has 1 aromatic heterocycles. The minimum absolute atomic E-state index is 0.0676. The van der Waals surface area contributed by atoms with Gasteiger partial charge in [0, 0.05) is 30.5 Å². The minimum atomic E-state index is -0.420. The lowest BCUT2D eigenvalue weighted by atomic mass is 10.1. The number of benzene rings is 1. The van der Waals surface area contributed by atoms with Crippen molar-refractivity contribution in [2.75, 3.05) is 20.7 Å². The number of hydrogen-bond donors (Lipinski definition) is 1. The first kappa shape index (κ1) is 18.1. The third-order valence-electron chi connectivity index (χ3n) is 4.17. The number of aromatic nitrogens is 1. The van der Waals surface area contributed by atoms with Gasteiger partial charge in [0.1, 0.15) is 5.75 Å². The van der Waals surface area contributed by atoms with E-state index in [1.54, 1.807) is 32.0 Å². The average molecular weight is 330 g/mol. The molecule has 0 spiro atoms. The van der Waals surface area contributed by atoms with Crippen LogP contribution in [0.15, 0.2) is 30.3 Å². The van der Waals surface area contributed by atoms with Crippen LogP contribution in [-0.2, 0) is 0 Å². The lowest BCUT2D eigenvalue weighted by molar-refractivity contribution is 0.0769. The van der Waals surface area contributed by atoms with Crippen LogP contribution in [0.2, 0.25) is 0 Å². The van der Waals surface area contributed by atoms with E-state index in [0.29, 0.717) is 18.5 Å². The minimum Gasteiger partial charge on any atom is -0.495 e. The number of ether oxygens (including phenoxy) is 1. The lowest BCUT2D eigenvalue weighted by Gasteiger charge is -2.20. The molecule has 5 nitrogen and oxygen atoms in total. The van der Waals surface area contributed by atoms with Crippen LogP contribution in [-0.4, -0.2) is 47.3 Å². The Kier molecular flexibility index (Phi) is 5.67. The number of carbonyl (C=O) groups is 1. The van der Waals surface area contributed by atoms with Gasteiger partial charge in [-0.2, -0.15) is 0 Å². The standard InChI is InChI=1S/C19H26N2O3/c1-13-6-7-14(2)21(13)17-12-16(8-9-18(17)24-5)19(23)20(4)11-10-15(3)22/h6-9,12,15,22H,10-11H2,1-5H3. The summed E-state index contributed by atoms with van der Waals surface area (Å²) in [6.07, 6.45) is 0.137. The molecule has 0 bridgehead atoms. The van der Waals surface area contributed by atoms with Crippen LogP contribution in [0.3, 0.4) is 0 Å². The lowest BCUT2D eigenvalue weighted by Crippen LogP contribution is -2.29. The van der Waals surface area contributed by atoms with E-state index in [-0.39, 0.29) is 5.91 Å². The van der Waals surface area contributed by atoms with Crippen molar-refractivity contribution in [2.24, 2.45) is 0 Å². The Balaban J connectivity index is 2.37. The van der Waals surface area contributed by atoms with Gasteiger partial charge in [-0.05, 0) is 57.5 Å². The number of carbonyl (C=O) groups excluding carboxylic acids is 1. The Morgan fingerprint density at radius 1 is 1.25 bits per heavy atom. The predicted molar refractivity (Wildman–Crippen MR) is 95.1 cm³/mol. The summed E-state index contributed by atoms with van der Waals surface area (Å²) in [5.41, 5.74) is 3.62. The van der Waals surface area contributed by atoms with Gasteiger partial charge in [-0.3, -0.25) is 4.79 Å². The number of amides is 1. The van der Waals surface area contributed by atoms with E-state index in [1.165, 1.54) is 0 Å². The Hall–Kier alpha value is -2.27. The van der Waals surface area contributed by atoms with Crippen LogP contribution in [0.4, 0.5) is 0 Å². The summed E-state index contributed by atoms with van der Waals surface area (Å²) in [6, 6.07) is 9.54. The van der Waals surface area contributed by atoms with E-state index in [4.69, 9.17) is 4.74 Å². The summed E-state index contributed by atoms with van der Waals surface area (Å²) in [7, 11) is 3.38. The molecule has 1 heterocycles. The molecule has 0 aliphatic carbocycles. The normalized spacial score (nSPS) is 12.1. The number of aryl methyl sites for hydroxylation is 2. The summed E-state index contributed by atoms with van der Waals surface area (Å²) < 4.78 is 7.55. The second kappa shape index (κ2) is 7.53. The monoisotopic (exact) mass is 330 g/mol. The highest BCUT2D eigenvalue weighted by Crippen LogP contribution is 2.28. The molecule has 2 rings (SSSR count). The summed E-state index contributed by atoms with van der Waals surface area (Å²) in [5, 5.41) is 9.39. The van der Waals surface area contributed by atoms with Crippen LogP contribution in [0, 0.1) is 13.8 Å². The van der Waals surface area contributed by atoms with Crippen LogP contribution in [0.25, 0.3) is 5.69 Å². The molecule has 1 atom stereocenters. The topological polar surface area (TPSA) is 54.7 Å². The van der Waals surface area contributed by atoms with Crippen molar-refractivity contribution in [3.63, 3.8) is 0 Å². The average Bonchev–Trinajstić information content (AvgIpc) is 2.89. The Bertz CT molecular complexity index is 700. The van der Waals surface area contributed by atoms with Gasteiger partial charge in [0.05, 0.1) is 18.9 Å². The molecule has 0 aliphatic heterocycles. The van der Waals surface area contributed by atoms with Crippen molar-refractivity contribution in [1.29, 1.82) is 0 Å². The second-order valence-corrected chi connectivity index (χ2v) is 6.20. The molecule has 0 saturated carbocycles. The van der Waals surface area contributed by atoms with Crippen molar-refractivity contribution >= 4 is 5.91 Å². The summed E-state index contributed by atoms with van der Waals surface area (Å²) >= 11 is 0. The molecule has 5 heteroatoms. The van der Waals surface area contributed by atoms with E-state index in [9.17, 15) is 9.90 Å². The molecule has 2 aromatic rings. The first-order chi connectivity index (χ1) is 11.3. The van der Waals surface area contributed by atoms with Crippen LogP contribution >= 0.6 is 0 Å². The zero-order chi connectivity index (χ0) is 17.9. The molecule has 1 aromatic carbocycles. The van der Waals surface area contributed by atoms with Gasteiger partial charge in [0.15, 0.2) is 0 Å². The number of methoxy groups -OCH3 is 1. The Labute approximate surface area is 143 Å². The van der Waals surface area contributed by atoms with Crippen molar-refractivity contribution in [2.45, 2.75) is 33.3 Å². The molecule has 0 aliphatic rings. The molecule has 1 N–H and O–H groups in total. The first-order valence-corrected chi connectivity index (χ1v) is 8.12. The van der Waals surface area contributed by atoms with Crippen LogP contribution in [0.1, 0.15) is 35.1 Å². The summed E-state index contributed by atoms with van der Waals surface area (Å²) in [5.74, 6) is 0.655. The maximum atomic E-state index is 12.6. The fraction of sp³-hybridized carbons (Fsp3) is 0.421. The van der Waals surface area contributed by atoms with Crippen molar-refractivity contribution in [1.82, 2.24) is 9.47 Å². The quantitative estimate of drug-likeness (QED) is 0.886. The molecule has 1 unspecified atom stereocenters. The molecule has 0 radical (unpaired) electrons. The van der Waals surface area contributed by atoms with E-state index in [1.807, 2.05) is 38.1 Å². The van der Waals surface area contributed by atoms with Gasteiger partial charge in [-0.1, -0.05) is 0 Å². The van der Waals surface area contributed by atoms with Gasteiger partial charge in [0.2, 0.25) is 0 Å². The van der Waals surface area contributed by atoms with Crippen LogP contribution in [0.5, 0.6) is 5.75 Å². The fourth-order valence-electron chi connectivity index (χ4n) is 2.75. The predicted octanol–water partition coefficient (Wildman–Crippen LogP) is 2.95. The second-order valence-electron chi connectivity index (χ2n) is 6.20. The van der Waals surface area contributed by atoms with Crippen molar-refractivity contribution in [3.8, 4) is 11.4 Å². The van der Waals surface area contributed by atoms with Gasteiger partial charge >= 0.3 is 0 Å². The Morgan fingerprint density at radius 3 is 2.42 bits per heavy atom. The van der Waals surface area contributed by atoms with E-state index in [2.05, 4.69) is 4.57 Å². The smallest absolute Gasteiger partial charge is 0.253 e. The highest BCUT2D eigenvalue weighted by atomic mass is 16.5. The molecular weight excluding hydrogens is 304 g/mol. The third-order valence-corrected chi connectivity index (χ3v) is 4.17. The maximum Gasteiger partial charge on any atom is 0.253 e. The molecule has 0 saturated heterocycles. The molecule has 1 amide bonds. The zero-order valence-corrected chi connectivity index (χ0v) is 15.0. The van der Waals surface area contributed by atoms with Gasteiger partial charge in [0.25, 0.3) is 5.91 Å². The Morgan fingerprint density at radius 2 is 1.88 bits per heavy atom. The third kappa shape index (κ3) is 3.79. The number of aliphatic hydroxyl groups is 1. The number of nitrogens with zero attached hydrogens (tertiary/aromatic N) is 2. The molecular formula is C19H26N2O3. The van der Waals surface area contributed by atoms with Crippen LogP contribution < -0.4 is 4.74 Å². The first-order valence-electron chi connectivity index (χ1n) is 8.12. The number of rotatable bonds is 6. The SMILES string of the molecule is COc1ccc(C(=O)N(C)CCC(C)O)cc1-n1c(C)ccc1C. The molecule has 130 valence electrons. The van der Waals surface area contributed by atoms with Gasteiger partial charge in [-0.25, -0.2) is 0 Å². The van der Waals surface area contributed by atoms with E-state index < -0.39 is 6.10 Å². The highest BCUT2D eigenvalue weighted by molar-refractivity contribution is 5.95. The van der Waals surface area contributed by atoms with Gasteiger partial charge < -0.3 is 19.3 Å². The number of hydrogen-bond acceptors (Lipinski definition) is 3. The largest absolute Gasteiger partial charge is 0.495 e. The summed E-state index contributed by atoms with van der Waals surface area (Å²) in [4.78, 5) is 14.3. The molecule has 24 heavy (non-hydrogen) atoms. The van der Waals surface area contributed by atoms with Crippen molar-refractivity contribution < 1.29 is 14.6 Å². The number of aliphatic hydroxyl groups excluding tert-OH is 1. The van der Waals surface area contributed by atoms with Gasteiger partial charge in [-0.15, -0.1) is 0 Å². The fourth-order valence-corrected chi connectivity index (χ4v) is 2.75. The summed E-state index contributed by atoms with van der Waals surface area (Å²) in [6.45, 7) is 6.28.